The molecule has 0 unspecified atom stereocenters. The Bertz CT molecular complexity index is 716. The molecule has 104 valence electrons. The monoisotopic (exact) mass is 324 g/mol. The Hall–Kier alpha value is -1.31. The van der Waals surface area contributed by atoms with Gasteiger partial charge in [-0.2, -0.15) is 0 Å². The molecule has 3 heterocycles. The van der Waals surface area contributed by atoms with Gasteiger partial charge >= 0.3 is 0 Å². The van der Waals surface area contributed by atoms with Gasteiger partial charge in [-0.3, -0.25) is 4.21 Å². The molecule has 0 saturated heterocycles. The number of thiazole rings is 1. The number of rotatable bonds is 5. The third-order valence-corrected chi connectivity index (χ3v) is 5.74. The maximum Gasteiger partial charge on any atom is 0.133 e. The first-order chi connectivity index (χ1) is 9.70. The quantitative estimate of drug-likeness (QED) is 0.719. The van der Waals surface area contributed by atoms with Crippen molar-refractivity contribution >= 4 is 33.5 Å². The van der Waals surface area contributed by atoms with Crippen LogP contribution in [0, 0.1) is 6.92 Å². The molecule has 7 heteroatoms. The van der Waals surface area contributed by atoms with Gasteiger partial charge in [-0.15, -0.1) is 22.7 Å². The summed E-state index contributed by atoms with van der Waals surface area (Å²) in [5.74, 6) is 1.60. The van der Waals surface area contributed by atoms with E-state index in [1.165, 1.54) is 0 Å². The molecule has 0 radical (unpaired) electrons. The predicted molar refractivity (Wildman–Crippen MR) is 82.2 cm³/mol. The van der Waals surface area contributed by atoms with Gasteiger partial charge in [0.1, 0.15) is 10.8 Å². The molecule has 1 atom stereocenters. The molecule has 3 aromatic rings. The largest absolute Gasteiger partial charge is 0.361 e. The van der Waals surface area contributed by atoms with Crippen LogP contribution in [0.15, 0.2) is 33.5 Å². The molecule has 0 aliphatic carbocycles. The molecule has 3 aromatic heterocycles. The Morgan fingerprint density at radius 1 is 1.30 bits per heavy atom. The van der Waals surface area contributed by atoms with Crippen molar-refractivity contribution < 1.29 is 8.73 Å². The van der Waals surface area contributed by atoms with Crippen LogP contribution in [0.4, 0.5) is 0 Å². The Morgan fingerprint density at radius 3 is 2.85 bits per heavy atom. The van der Waals surface area contributed by atoms with Crippen LogP contribution in [0.5, 0.6) is 0 Å². The molecule has 0 bridgehead atoms. The van der Waals surface area contributed by atoms with E-state index in [1.807, 2.05) is 35.9 Å². The Kier molecular flexibility index (Phi) is 4.09. The standard InChI is InChI=1S/C13H12N2O2S3/c1-9-5-10(15-17-9)7-20(16)8-11-6-19-13(14-11)12-3-2-4-18-12/h2-6H,7-8H2,1H3/t20-/m0/s1. The van der Waals surface area contributed by atoms with Crippen molar-refractivity contribution in [1.29, 1.82) is 0 Å². The minimum absolute atomic E-state index is 0.406. The second kappa shape index (κ2) is 5.99. The first-order valence-electron chi connectivity index (χ1n) is 5.96. The van der Waals surface area contributed by atoms with Crippen molar-refractivity contribution in [3.8, 4) is 9.88 Å². The van der Waals surface area contributed by atoms with E-state index >= 15 is 0 Å². The minimum Gasteiger partial charge on any atom is -0.361 e. The first kappa shape index (κ1) is 13.7. The van der Waals surface area contributed by atoms with E-state index in [0.717, 1.165) is 27.0 Å². The van der Waals surface area contributed by atoms with Gasteiger partial charge in [-0.05, 0) is 18.4 Å². The lowest BCUT2D eigenvalue weighted by molar-refractivity contribution is 0.392. The van der Waals surface area contributed by atoms with Gasteiger partial charge in [0, 0.05) is 22.2 Å². The summed E-state index contributed by atoms with van der Waals surface area (Å²) in [7, 11) is -1.02. The molecule has 4 nitrogen and oxygen atoms in total. The van der Waals surface area contributed by atoms with Crippen LogP contribution in [0.3, 0.4) is 0 Å². The Labute approximate surface area is 126 Å². The molecule has 0 aliphatic rings. The average molecular weight is 324 g/mol. The highest BCUT2D eigenvalue weighted by Gasteiger charge is 2.11. The van der Waals surface area contributed by atoms with Crippen molar-refractivity contribution in [3.63, 3.8) is 0 Å². The molecule has 0 amide bonds. The van der Waals surface area contributed by atoms with Gasteiger partial charge in [0.05, 0.1) is 27.8 Å². The van der Waals surface area contributed by atoms with Crippen LogP contribution in [-0.2, 0) is 22.3 Å². The molecule has 0 aromatic carbocycles. The van der Waals surface area contributed by atoms with Crippen molar-refractivity contribution in [2.75, 3.05) is 0 Å². The summed E-state index contributed by atoms with van der Waals surface area (Å²) in [5.41, 5.74) is 1.60. The number of aromatic nitrogens is 2. The third-order valence-electron chi connectivity index (χ3n) is 2.58. The van der Waals surface area contributed by atoms with Crippen LogP contribution < -0.4 is 0 Å². The van der Waals surface area contributed by atoms with Crippen LogP contribution in [0.25, 0.3) is 9.88 Å². The summed E-state index contributed by atoms with van der Waals surface area (Å²) in [5, 5.41) is 8.85. The smallest absolute Gasteiger partial charge is 0.133 e. The van der Waals surface area contributed by atoms with Crippen molar-refractivity contribution in [2.45, 2.75) is 18.4 Å². The van der Waals surface area contributed by atoms with Crippen molar-refractivity contribution in [3.05, 3.63) is 46.1 Å². The molecular formula is C13H12N2O2S3. The number of hydrogen-bond acceptors (Lipinski definition) is 6. The van der Waals surface area contributed by atoms with E-state index in [0.29, 0.717) is 11.5 Å². The minimum atomic E-state index is -1.02. The molecule has 0 aliphatic heterocycles. The lowest BCUT2D eigenvalue weighted by atomic mass is 10.4. The highest BCUT2D eigenvalue weighted by molar-refractivity contribution is 7.83. The summed E-state index contributed by atoms with van der Waals surface area (Å²) in [6.45, 7) is 1.83. The van der Waals surface area contributed by atoms with Gasteiger partial charge in [-0.25, -0.2) is 4.98 Å². The third kappa shape index (κ3) is 3.23. The molecule has 0 spiro atoms. The molecular weight excluding hydrogens is 312 g/mol. The summed E-state index contributed by atoms with van der Waals surface area (Å²) < 4.78 is 17.1. The topological polar surface area (TPSA) is 56.0 Å². The molecule has 0 saturated carbocycles. The van der Waals surface area contributed by atoms with Gasteiger partial charge in [0.15, 0.2) is 0 Å². The second-order valence-electron chi connectivity index (χ2n) is 4.28. The summed E-state index contributed by atoms with van der Waals surface area (Å²) in [6.07, 6.45) is 0. The van der Waals surface area contributed by atoms with Crippen LogP contribution in [0.1, 0.15) is 17.1 Å². The lowest BCUT2D eigenvalue weighted by Gasteiger charge is -1.96. The SMILES string of the molecule is Cc1cc(C[S@](=O)Cc2csc(-c3cccs3)n2)no1. The maximum absolute atomic E-state index is 12.1. The number of aryl methyl sites for hydroxylation is 1. The van der Waals surface area contributed by atoms with Crippen LogP contribution in [0.2, 0.25) is 0 Å². The van der Waals surface area contributed by atoms with Crippen molar-refractivity contribution in [2.24, 2.45) is 0 Å². The van der Waals surface area contributed by atoms with Crippen molar-refractivity contribution in [1.82, 2.24) is 10.1 Å². The predicted octanol–water partition coefficient (Wildman–Crippen LogP) is 3.62. The zero-order valence-corrected chi connectivity index (χ0v) is 13.2. The van der Waals surface area contributed by atoms with E-state index in [2.05, 4.69) is 10.1 Å². The second-order valence-corrected chi connectivity index (χ2v) is 7.54. The normalized spacial score (nSPS) is 12.7. The zero-order valence-electron chi connectivity index (χ0n) is 10.7. The number of hydrogen-bond donors (Lipinski definition) is 0. The van der Waals surface area contributed by atoms with E-state index < -0.39 is 10.8 Å². The Balaban J connectivity index is 1.64. The summed E-state index contributed by atoms with van der Waals surface area (Å²) >= 11 is 3.25. The van der Waals surface area contributed by atoms with E-state index in [9.17, 15) is 4.21 Å². The number of thiophene rings is 1. The molecule has 0 N–H and O–H groups in total. The van der Waals surface area contributed by atoms with E-state index in [-0.39, 0.29) is 0 Å². The molecule has 3 rings (SSSR count). The zero-order chi connectivity index (χ0) is 13.9. The van der Waals surface area contributed by atoms with Gasteiger partial charge < -0.3 is 4.52 Å². The van der Waals surface area contributed by atoms with Gasteiger partial charge in [-0.1, -0.05) is 11.2 Å². The van der Waals surface area contributed by atoms with E-state index in [1.54, 1.807) is 22.7 Å². The van der Waals surface area contributed by atoms with Crippen LogP contribution in [-0.4, -0.2) is 14.3 Å². The summed E-state index contributed by atoms with van der Waals surface area (Å²) in [6, 6.07) is 5.87. The van der Waals surface area contributed by atoms with Gasteiger partial charge in [0.25, 0.3) is 0 Å². The Morgan fingerprint density at radius 2 is 2.15 bits per heavy atom. The average Bonchev–Trinajstić information content (AvgIpc) is 3.10. The van der Waals surface area contributed by atoms with Crippen LogP contribution >= 0.6 is 22.7 Å². The fraction of sp³-hybridized carbons (Fsp3) is 0.231. The molecule has 20 heavy (non-hydrogen) atoms. The van der Waals surface area contributed by atoms with E-state index in [4.69, 9.17) is 4.52 Å². The summed E-state index contributed by atoms with van der Waals surface area (Å²) in [4.78, 5) is 5.68. The highest BCUT2D eigenvalue weighted by atomic mass is 32.2. The maximum atomic E-state index is 12.1. The van der Waals surface area contributed by atoms with Gasteiger partial charge in [0.2, 0.25) is 0 Å². The lowest BCUT2D eigenvalue weighted by Crippen LogP contribution is -2.00. The fourth-order valence-corrected chi connectivity index (χ4v) is 4.54. The first-order valence-corrected chi connectivity index (χ1v) is 9.21. The number of nitrogens with zero attached hydrogens (tertiary/aromatic N) is 2. The fourth-order valence-electron chi connectivity index (χ4n) is 1.75. The highest BCUT2D eigenvalue weighted by Crippen LogP contribution is 2.28. The molecule has 0 fully saturated rings.